The maximum Gasteiger partial charge on any atom is 0.125 e. The van der Waals surface area contributed by atoms with E-state index in [4.69, 9.17) is 5.26 Å². The molecule has 1 aromatic carbocycles. The predicted octanol–water partition coefficient (Wildman–Crippen LogP) is 3.42. The number of aryl methyl sites for hydroxylation is 1. The third-order valence-corrected chi connectivity index (χ3v) is 2.86. The summed E-state index contributed by atoms with van der Waals surface area (Å²) in [6.07, 6.45) is 0. The normalized spacial score (nSPS) is 9.93. The monoisotopic (exact) mass is 260 g/mol. The van der Waals surface area contributed by atoms with Gasteiger partial charge in [0.25, 0.3) is 0 Å². The molecule has 0 unspecified atom stereocenters. The van der Waals surface area contributed by atoms with Crippen molar-refractivity contribution >= 4 is 15.9 Å². The summed E-state index contributed by atoms with van der Waals surface area (Å²) in [6.45, 7) is 2.04. The minimum atomic E-state index is 0.630. The molecule has 0 fully saturated rings. The number of nitrogens with zero attached hydrogens (tertiary/aromatic N) is 2. The van der Waals surface area contributed by atoms with E-state index in [0.717, 1.165) is 10.3 Å². The fraction of sp³-hybridized carbons (Fsp3) is 0.0833. The summed E-state index contributed by atoms with van der Waals surface area (Å²) in [5.74, 6) is 0. The zero-order valence-corrected chi connectivity index (χ0v) is 9.82. The van der Waals surface area contributed by atoms with Crippen molar-refractivity contribution < 1.29 is 0 Å². The smallest absolute Gasteiger partial charge is 0.125 e. The van der Waals surface area contributed by atoms with Crippen LogP contribution < -0.4 is 0 Å². The quantitative estimate of drug-likeness (QED) is 0.773. The predicted molar refractivity (Wildman–Crippen MR) is 62.9 cm³/mol. The molecule has 0 saturated heterocycles. The Morgan fingerprint density at radius 3 is 2.40 bits per heavy atom. The summed E-state index contributed by atoms with van der Waals surface area (Å²) in [7, 11) is 0. The van der Waals surface area contributed by atoms with Crippen LogP contribution in [0.2, 0.25) is 0 Å². The van der Waals surface area contributed by atoms with Gasteiger partial charge in [0.2, 0.25) is 0 Å². The van der Waals surface area contributed by atoms with Gasteiger partial charge < -0.3 is 0 Å². The van der Waals surface area contributed by atoms with E-state index in [-0.39, 0.29) is 0 Å². The van der Waals surface area contributed by atoms with Gasteiger partial charge in [-0.15, -0.1) is 0 Å². The summed E-state index contributed by atoms with van der Waals surface area (Å²) in [4.78, 5) is 0. The highest BCUT2D eigenvalue weighted by molar-refractivity contribution is 9.10. The van der Waals surface area contributed by atoms with Gasteiger partial charge in [-0.05, 0) is 47.1 Å². The lowest BCUT2D eigenvalue weighted by atomic mass is 10.2. The summed E-state index contributed by atoms with van der Waals surface area (Å²) in [6, 6.07) is 13.9. The molecule has 0 aliphatic heterocycles. The number of hydrogen-bond donors (Lipinski definition) is 0. The zero-order valence-electron chi connectivity index (χ0n) is 8.24. The molecule has 0 aliphatic rings. The minimum absolute atomic E-state index is 0.630. The van der Waals surface area contributed by atoms with Gasteiger partial charge in [-0.3, -0.25) is 4.57 Å². The van der Waals surface area contributed by atoms with Crippen LogP contribution in [0, 0.1) is 18.3 Å². The van der Waals surface area contributed by atoms with E-state index < -0.39 is 0 Å². The first-order valence-corrected chi connectivity index (χ1v) is 5.36. The Kier molecular flexibility index (Phi) is 2.61. The largest absolute Gasteiger partial charge is 0.295 e. The number of nitriles is 1. The Hall–Kier alpha value is -1.53. The average molecular weight is 261 g/mol. The van der Waals surface area contributed by atoms with Crippen molar-refractivity contribution in [2.24, 2.45) is 0 Å². The standard InChI is InChI=1S/C12H9BrN2/c1-9-2-4-10(5-3-9)15-11(8-14)6-7-12(15)13/h2-7H,1H3. The van der Waals surface area contributed by atoms with Crippen LogP contribution in [-0.2, 0) is 0 Å². The summed E-state index contributed by atoms with van der Waals surface area (Å²) >= 11 is 3.43. The molecule has 2 rings (SSSR count). The molecule has 0 aliphatic carbocycles. The van der Waals surface area contributed by atoms with Crippen molar-refractivity contribution in [3.63, 3.8) is 0 Å². The van der Waals surface area contributed by atoms with Gasteiger partial charge in [-0.1, -0.05) is 17.7 Å². The molecular formula is C12H9BrN2. The van der Waals surface area contributed by atoms with Crippen LogP contribution in [0.15, 0.2) is 41.0 Å². The highest BCUT2D eigenvalue weighted by Gasteiger charge is 2.06. The van der Waals surface area contributed by atoms with Crippen LogP contribution in [0.4, 0.5) is 0 Å². The van der Waals surface area contributed by atoms with Crippen LogP contribution in [0.1, 0.15) is 11.3 Å². The van der Waals surface area contributed by atoms with E-state index in [9.17, 15) is 0 Å². The molecule has 2 nitrogen and oxygen atoms in total. The summed E-state index contributed by atoms with van der Waals surface area (Å²) in [5.41, 5.74) is 2.83. The lowest BCUT2D eigenvalue weighted by Crippen LogP contribution is -1.96. The molecule has 1 heterocycles. The van der Waals surface area contributed by atoms with Crippen molar-refractivity contribution in [3.8, 4) is 11.8 Å². The van der Waals surface area contributed by atoms with Crippen LogP contribution >= 0.6 is 15.9 Å². The minimum Gasteiger partial charge on any atom is -0.295 e. The summed E-state index contributed by atoms with van der Waals surface area (Å²) in [5, 5.41) is 8.96. The van der Waals surface area contributed by atoms with Crippen LogP contribution in [0.3, 0.4) is 0 Å². The van der Waals surface area contributed by atoms with Gasteiger partial charge in [0.05, 0.1) is 4.60 Å². The molecule has 0 N–H and O–H groups in total. The molecule has 0 amide bonds. The first kappa shape index (κ1) is 10.0. The maximum absolute atomic E-state index is 8.96. The number of halogens is 1. The molecule has 0 bridgehead atoms. The van der Waals surface area contributed by atoms with Crippen molar-refractivity contribution in [2.75, 3.05) is 0 Å². The SMILES string of the molecule is Cc1ccc(-n2c(Br)ccc2C#N)cc1. The van der Waals surface area contributed by atoms with Gasteiger partial charge in [0, 0.05) is 5.69 Å². The van der Waals surface area contributed by atoms with Crippen LogP contribution in [-0.4, -0.2) is 4.57 Å². The lowest BCUT2D eigenvalue weighted by molar-refractivity contribution is 1.02. The third kappa shape index (κ3) is 1.81. The van der Waals surface area contributed by atoms with Crippen molar-refractivity contribution in [3.05, 3.63) is 52.3 Å². The Bertz CT molecular complexity index is 518. The molecule has 0 saturated carbocycles. The summed E-state index contributed by atoms with van der Waals surface area (Å²) < 4.78 is 2.77. The van der Waals surface area contributed by atoms with E-state index in [1.165, 1.54) is 5.56 Å². The first-order valence-electron chi connectivity index (χ1n) is 4.57. The Labute approximate surface area is 96.9 Å². The molecule has 15 heavy (non-hydrogen) atoms. The fourth-order valence-corrected chi connectivity index (χ4v) is 1.98. The number of hydrogen-bond acceptors (Lipinski definition) is 1. The zero-order chi connectivity index (χ0) is 10.8. The van der Waals surface area contributed by atoms with Crippen molar-refractivity contribution in [1.82, 2.24) is 4.57 Å². The van der Waals surface area contributed by atoms with E-state index in [1.807, 2.05) is 41.8 Å². The lowest BCUT2D eigenvalue weighted by Gasteiger charge is -2.06. The second-order valence-corrected chi connectivity index (χ2v) is 4.14. The highest BCUT2D eigenvalue weighted by Crippen LogP contribution is 2.21. The fourth-order valence-electron chi connectivity index (χ4n) is 1.46. The van der Waals surface area contributed by atoms with Crippen molar-refractivity contribution in [2.45, 2.75) is 6.92 Å². The first-order chi connectivity index (χ1) is 7.22. The second-order valence-electron chi connectivity index (χ2n) is 3.32. The molecule has 2 aromatic rings. The average Bonchev–Trinajstić information content (AvgIpc) is 2.61. The Morgan fingerprint density at radius 2 is 1.80 bits per heavy atom. The van der Waals surface area contributed by atoms with Gasteiger partial charge in [-0.2, -0.15) is 5.26 Å². The van der Waals surface area contributed by atoms with E-state index in [0.29, 0.717) is 5.69 Å². The number of benzene rings is 1. The topological polar surface area (TPSA) is 28.7 Å². The molecule has 0 spiro atoms. The maximum atomic E-state index is 8.96. The molecule has 1 aromatic heterocycles. The van der Waals surface area contributed by atoms with Crippen molar-refractivity contribution in [1.29, 1.82) is 5.26 Å². The highest BCUT2D eigenvalue weighted by atomic mass is 79.9. The second kappa shape index (κ2) is 3.92. The number of aromatic nitrogens is 1. The molecule has 3 heteroatoms. The molecule has 74 valence electrons. The Morgan fingerprint density at radius 1 is 1.13 bits per heavy atom. The van der Waals surface area contributed by atoms with Crippen LogP contribution in [0.5, 0.6) is 0 Å². The van der Waals surface area contributed by atoms with Gasteiger partial charge in [0.15, 0.2) is 0 Å². The van der Waals surface area contributed by atoms with Gasteiger partial charge in [-0.25, -0.2) is 0 Å². The van der Waals surface area contributed by atoms with Gasteiger partial charge in [0.1, 0.15) is 11.8 Å². The van der Waals surface area contributed by atoms with Crippen LogP contribution in [0.25, 0.3) is 5.69 Å². The molecule has 0 radical (unpaired) electrons. The number of rotatable bonds is 1. The van der Waals surface area contributed by atoms with Gasteiger partial charge >= 0.3 is 0 Å². The Balaban J connectivity index is 2.59. The molecular weight excluding hydrogens is 252 g/mol. The van der Waals surface area contributed by atoms with E-state index in [2.05, 4.69) is 22.0 Å². The molecule has 0 atom stereocenters. The van der Waals surface area contributed by atoms with E-state index >= 15 is 0 Å². The third-order valence-electron chi connectivity index (χ3n) is 2.24. The van der Waals surface area contributed by atoms with E-state index in [1.54, 1.807) is 6.07 Å².